The van der Waals surface area contributed by atoms with Crippen LogP contribution in [-0.2, 0) is 4.74 Å². The molecule has 4 rings (SSSR count). The van der Waals surface area contributed by atoms with E-state index in [1.165, 1.54) is 18.9 Å². The van der Waals surface area contributed by atoms with Gasteiger partial charge in [-0.1, -0.05) is 29.8 Å². The zero-order chi connectivity index (χ0) is 20.8. The molecule has 0 radical (unpaired) electrons. The Labute approximate surface area is 176 Å². The number of nitrogens with zero attached hydrogens (tertiary/aromatic N) is 1. The molecule has 154 valence electrons. The number of aryl methyl sites for hydroxylation is 1. The molecule has 2 heterocycles. The van der Waals surface area contributed by atoms with Crippen molar-refractivity contribution in [2.24, 2.45) is 0 Å². The molecule has 2 aromatic carbocycles. The number of halogens is 2. The van der Waals surface area contributed by atoms with Crippen molar-refractivity contribution in [1.82, 2.24) is 0 Å². The molecule has 2 aromatic rings. The second-order valence-electron chi connectivity index (χ2n) is 8.82. The zero-order valence-electron chi connectivity index (χ0n) is 17.0. The van der Waals surface area contributed by atoms with Gasteiger partial charge in [0.05, 0.1) is 36.9 Å². The monoisotopic (exact) mass is 417 g/mol. The third-order valence-corrected chi connectivity index (χ3v) is 6.99. The number of rotatable bonds is 3. The minimum atomic E-state index is -0.468. The average Bonchev–Trinajstić information content (AvgIpc) is 2.82. The van der Waals surface area contributed by atoms with Gasteiger partial charge in [-0.05, 0) is 36.2 Å². The Morgan fingerprint density at radius 1 is 1.14 bits per heavy atom. The lowest BCUT2D eigenvalue weighted by atomic mass is 9.98. The van der Waals surface area contributed by atoms with Gasteiger partial charge in [-0.25, -0.2) is 9.18 Å². The topological polar surface area (TPSA) is 38.3 Å². The molecular formula is C23H27ClFN2O2+. The number of ether oxygens (including phenoxy) is 1. The first kappa shape index (κ1) is 20.2. The summed E-state index contributed by atoms with van der Waals surface area (Å²) in [7, 11) is 4.57. The Balaban J connectivity index is 1.50. The number of anilines is 1. The molecule has 0 aromatic heterocycles. The van der Waals surface area contributed by atoms with Crippen LogP contribution in [0.2, 0.25) is 5.02 Å². The molecule has 1 N–H and O–H groups in total. The summed E-state index contributed by atoms with van der Waals surface area (Å²) < 4.78 is 20.4. The summed E-state index contributed by atoms with van der Waals surface area (Å²) in [6.45, 7) is 1.96. The highest BCUT2D eigenvalue weighted by Crippen LogP contribution is 2.40. The first-order valence-corrected chi connectivity index (χ1v) is 10.5. The molecule has 2 fully saturated rings. The molecule has 2 aliphatic heterocycles. The van der Waals surface area contributed by atoms with Crippen molar-refractivity contribution in [2.75, 3.05) is 19.4 Å². The SMILES string of the molecule is Cc1ccc(-c2ccc(F)c(Cl)c2)c(NC(=O)OC2CC3CCC(C2)[N+]3(C)C)c1. The lowest BCUT2D eigenvalue weighted by Gasteiger charge is -2.43. The zero-order valence-corrected chi connectivity index (χ0v) is 17.8. The predicted octanol–water partition coefficient (Wildman–Crippen LogP) is 5.77. The molecule has 29 heavy (non-hydrogen) atoms. The van der Waals surface area contributed by atoms with Crippen molar-refractivity contribution in [1.29, 1.82) is 0 Å². The van der Waals surface area contributed by atoms with E-state index in [0.29, 0.717) is 17.8 Å². The lowest BCUT2D eigenvalue weighted by Crippen LogP contribution is -2.56. The largest absolute Gasteiger partial charge is 0.445 e. The molecule has 0 spiro atoms. The molecule has 2 aliphatic rings. The van der Waals surface area contributed by atoms with Crippen LogP contribution in [0, 0.1) is 12.7 Å². The number of nitrogens with one attached hydrogen (secondary N) is 1. The summed E-state index contributed by atoms with van der Waals surface area (Å²) in [5, 5.41) is 2.95. The number of piperidine rings is 1. The number of hydrogen-bond acceptors (Lipinski definition) is 2. The van der Waals surface area contributed by atoms with Crippen LogP contribution < -0.4 is 5.32 Å². The van der Waals surface area contributed by atoms with E-state index in [9.17, 15) is 9.18 Å². The van der Waals surface area contributed by atoms with E-state index in [0.717, 1.165) is 34.0 Å². The summed E-state index contributed by atoms with van der Waals surface area (Å²) in [5.41, 5.74) is 3.15. The van der Waals surface area contributed by atoms with Gasteiger partial charge in [0, 0.05) is 31.2 Å². The second-order valence-corrected chi connectivity index (χ2v) is 9.22. The number of benzene rings is 2. The number of fused-ring (bicyclic) bond motifs is 2. The second kappa shape index (κ2) is 7.62. The molecule has 0 aliphatic carbocycles. The van der Waals surface area contributed by atoms with E-state index < -0.39 is 11.9 Å². The van der Waals surface area contributed by atoms with E-state index in [1.54, 1.807) is 12.1 Å². The van der Waals surface area contributed by atoms with Crippen molar-refractivity contribution in [3.05, 3.63) is 52.8 Å². The van der Waals surface area contributed by atoms with Gasteiger partial charge in [0.15, 0.2) is 0 Å². The third-order valence-electron chi connectivity index (χ3n) is 6.70. The molecule has 4 nitrogen and oxygen atoms in total. The normalized spacial score (nSPS) is 24.9. The fourth-order valence-corrected chi connectivity index (χ4v) is 5.08. The Kier molecular flexibility index (Phi) is 5.30. The van der Waals surface area contributed by atoms with Crippen LogP contribution in [0.4, 0.5) is 14.9 Å². The van der Waals surface area contributed by atoms with Crippen LogP contribution in [0.3, 0.4) is 0 Å². The molecule has 6 heteroatoms. The van der Waals surface area contributed by atoms with E-state index >= 15 is 0 Å². The maximum absolute atomic E-state index is 13.5. The molecule has 2 saturated heterocycles. The summed E-state index contributed by atoms with van der Waals surface area (Å²) in [4.78, 5) is 12.7. The van der Waals surface area contributed by atoms with Gasteiger partial charge in [-0.15, -0.1) is 0 Å². The highest BCUT2D eigenvalue weighted by Gasteiger charge is 2.49. The Morgan fingerprint density at radius 3 is 2.48 bits per heavy atom. The molecule has 2 unspecified atom stereocenters. The number of carbonyl (C=O) groups is 1. The smallest absolute Gasteiger partial charge is 0.411 e. The van der Waals surface area contributed by atoms with Crippen LogP contribution in [0.25, 0.3) is 11.1 Å². The van der Waals surface area contributed by atoms with Crippen molar-refractivity contribution in [3.63, 3.8) is 0 Å². The van der Waals surface area contributed by atoms with Gasteiger partial charge in [0.25, 0.3) is 0 Å². The standard InChI is InChI=1S/C23H26ClFN2O2/c1-14-4-8-19(15-5-9-21(25)20(24)11-15)22(10-14)26-23(28)29-18-12-16-6-7-17(13-18)27(16,2)3/h4-5,8-11,16-18H,6-7,12-13H2,1-3H3/p+1. The van der Waals surface area contributed by atoms with E-state index in [4.69, 9.17) is 16.3 Å². The number of amides is 1. The first-order valence-electron chi connectivity index (χ1n) is 10.1. The summed E-state index contributed by atoms with van der Waals surface area (Å²) in [6, 6.07) is 11.4. The van der Waals surface area contributed by atoms with Crippen LogP contribution in [-0.4, -0.2) is 42.9 Å². The van der Waals surface area contributed by atoms with E-state index in [-0.39, 0.29) is 11.1 Å². The van der Waals surface area contributed by atoms with Crippen molar-refractivity contribution in [3.8, 4) is 11.1 Å². The molecule has 0 saturated carbocycles. The van der Waals surface area contributed by atoms with Gasteiger partial charge < -0.3 is 9.22 Å². The van der Waals surface area contributed by atoms with Gasteiger partial charge in [-0.3, -0.25) is 5.32 Å². The first-order chi connectivity index (χ1) is 13.7. The Morgan fingerprint density at radius 2 is 1.83 bits per heavy atom. The van der Waals surface area contributed by atoms with Gasteiger partial charge >= 0.3 is 6.09 Å². The van der Waals surface area contributed by atoms with Crippen molar-refractivity contribution >= 4 is 23.4 Å². The lowest BCUT2D eigenvalue weighted by molar-refractivity contribution is -0.931. The van der Waals surface area contributed by atoms with Crippen molar-refractivity contribution in [2.45, 2.75) is 50.8 Å². The fraction of sp³-hybridized carbons (Fsp3) is 0.435. The van der Waals surface area contributed by atoms with Crippen LogP contribution in [0.15, 0.2) is 36.4 Å². The molecule has 2 atom stereocenters. The maximum Gasteiger partial charge on any atom is 0.411 e. The number of carbonyl (C=O) groups excluding carboxylic acids is 1. The van der Waals surface area contributed by atoms with Gasteiger partial charge in [0.2, 0.25) is 0 Å². The molecule has 2 bridgehead atoms. The van der Waals surface area contributed by atoms with Crippen LogP contribution in [0.5, 0.6) is 0 Å². The van der Waals surface area contributed by atoms with Crippen LogP contribution >= 0.6 is 11.6 Å². The number of quaternary nitrogens is 1. The fourth-order valence-electron chi connectivity index (χ4n) is 4.89. The highest BCUT2D eigenvalue weighted by atomic mass is 35.5. The number of hydrogen-bond donors (Lipinski definition) is 1. The summed E-state index contributed by atoms with van der Waals surface area (Å²) in [5.74, 6) is -0.468. The quantitative estimate of drug-likeness (QED) is 0.643. The Bertz CT molecular complexity index is 930. The minimum absolute atomic E-state index is 0.0489. The van der Waals surface area contributed by atoms with E-state index in [1.807, 2.05) is 25.1 Å². The average molecular weight is 418 g/mol. The van der Waals surface area contributed by atoms with Gasteiger partial charge in [0.1, 0.15) is 11.9 Å². The van der Waals surface area contributed by atoms with Crippen molar-refractivity contribution < 1.29 is 18.4 Å². The maximum atomic E-state index is 13.5. The third kappa shape index (κ3) is 3.99. The Hall–Kier alpha value is -2.11. The minimum Gasteiger partial charge on any atom is -0.445 e. The van der Waals surface area contributed by atoms with Crippen LogP contribution in [0.1, 0.15) is 31.2 Å². The van der Waals surface area contributed by atoms with E-state index in [2.05, 4.69) is 19.4 Å². The summed E-state index contributed by atoms with van der Waals surface area (Å²) >= 11 is 5.95. The highest BCUT2D eigenvalue weighted by molar-refractivity contribution is 6.31. The predicted molar refractivity (Wildman–Crippen MR) is 114 cm³/mol. The molecular weight excluding hydrogens is 391 g/mol. The van der Waals surface area contributed by atoms with Gasteiger partial charge in [-0.2, -0.15) is 0 Å². The summed E-state index contributed by atoms with van der Waals surface area (Å²) in [6.07, 6.45) is 3.73. The molecule has 1 amide bonds.